The lowest BCUT2D eigenvalue weighted by atomic mass is 9.91. The Morgan fingerprint density at radius 1 is 1.04 bits per heavy atom. The van der Waals surface area contributed by atoms with Gasteiger partial charge in [0.25, 0.3) is 0 Å². The third-order valence-corrected chi connectivity index (χ3v) is 5.03. The van der Waals surface area contributed by atoms with Crippen LogP contribution >= 0.6 is 0 Å². The molecule has 0 saturated carbocycles. The number of nitrogens with zero attached hydrogens (tertiary/aromatic N) is 1. The molecule has 120 valence electrons. The van der Waals surface area contributed by atoms with Gasteiger partial charge in [0, 0.05) is 17.6 Å². The van der Waals surface area contributed by atoms with E-state index in [1.54, 1.807) is 6.92 Å². The average molecular weight is 307 g/mol. The summed E-state index contributed by atoms with van der Waals surface area (Å²) < 4.78 is 0. The third kappa shape index (κ3) is 3.53. The lowest BCUT2D eigenvalue weighted by Crippen LogP contribution is -2.35. The van der Waals surface area contributed by atoms with Crippen molar-refractivity contribution in [2.24, 2.45) is 0 Å². The summed E-state index contributed by atoms with van der Waals surface area (Å²) in [5.74, 6) is 0.134. The molecule has 23 heavy (non-hydrogen) atoms. The molecule has 0 aliphatic carbocycles. The van der Waals surface area contributed by atoms with Crippen molar-refractivity contribution < 1.29 is 4.79 Å². The van der Waals surface area contributed by atoms with Gasteiger partial charge in [-0.05, 0) is 44.4 Å². The molecule has 1 aliphatic heterocycles. The van der Waals surface area contributed by atoms with Crippen molar-refractivity contribution in [3.63, 3.8) is 0 Å². The van der Waals surface area contributed by atoms with E-state index in [0.29, 0.717) is 12.1 Å². The maximum absolute atomic E-state index is 11.5. The number of hydrogen-bond donors (Lipinski definition) is 0. The molecule has 1 saturated heterocycles. The zero-order chi connectivity index (χ0) is 16.2. The van der Waals surface area contributed by atoms with Crippen LogP contribution in [0.4, 0.5) is 0 Å². The molecule has 2 heteroatoms. The molecule has 0 aromatic heterocycles. The standard InChI is InChI=1S/C21H25NO/c1-16(18-8-4-3-5-9-18)22-15-7-6-10-21(22)20-13-11-19(12-14-20)17(2)23/h3-5,8-9,11-14,16,21H,6-7,10,15H2,1-2H3/t16-,21+/m1/s1. The normalized spacial score (nSPS) is 20.2. The van der Waals surface area contributed by atoms with E-state index in [1.807, 2.05) is 12.1 Å². The molecule has 0 N–H and O–H groups in total. The number of likely N-dealkylation sites (tertiary alicyclic amines) is 1. The fourth-order valence-corrected chi connectivity index (χ4v) is 3.64. The summed E-state index contributed by atoms with van der Waals surface area (Å²) in [6.07, 6.45) is 3.73. The molecule has 2 aromatic rings. The van der Waals surface area contributed by atoms with Gasteiger partial charge in [0.15, 0.2) is 5.78 Å². The molecule has 1 heterocycles. The Morgan fingerprint density at radius 3 is 2.39 bits per heavy atom. The van der Waals surface area contributed by atoms with Crippen molar-refractivity contribution in [2.75, 3.05) is 6.54 Å². The maximum Gasteiger partial charge on any atom is 0.159 e. The van der Waals surface area contributed by atoms with E-state index >= 15 is 0 Å². The van der Waals surface area contributed by atoms with Crippen LogP contribution in [-0.2, 0) is 0 Å². The van der Waals surface area contributed by atoms with Crippen molar-refractivity contribution in [1.82, 2.24) is 4.90 Å². The second kappa shape index (κ2) is 7.10. The number of carbonyl (C=O) groups excluding carboxylic acids is 1. The second-order valence-electron chi connectivity index (χ2n) is 6.51. The summed E-state index contributed by atoms with van der Waals surface area (Å²) >= 11 is 0. The van der Waals surface area contributed by atoms with Gasteiger partial charge in [-0.2, -0.15) is 0 Å². The van der Waals surface area contributed by atoms with Crippen molar-refractivity contribution in [1.29, 1.82) is 0 Å². The van der Waals surface area contributed by atoms with Gasteiger partial charge in [0.05, 0.1) is 0 Å². The highest BCUT2D eigenvalue weighted by Gasteiger charge is 2.28. The summed E-state index contributed by atoms with van der Waals surface area (Å²) in [7, 11) is 0. The Labute approximate surface area is 139 Å². The minimum atomic E-state index is 0.134. The lowest BCUT2D eigenvalue weighted by Gasteiger charge is -2.40. The first-order valence-corrected chi connectivity index (χ1v) is 8.58. The molecule has 3 rings (SSSR count). The summed E-state index contributed by atoms with van der Waals surface area (Å²) in [6, 6.07) is 19.8. The molecule has 0 bridgehead atoms. The van der Waals surface area contributed by atoms with Crippen molar-refractivity contribution in [2.45, 2.75) is 45.2 Å². The number of carbonyl (C=O) groups is 1. The lowest BCUT2D eigenvalue weighted by molar-refractivity contribution is 0.101. The highest BCUT2D eigenvalue weighted by atomic mass is 16.1. The third-order valence-electron chi connectivity index (χ3n) is 5.03. The molecular formula is C21H25NO. The minimum Gasteiger partial charge on any atom is -0.295 e. The van der Waals surface area contributed by atoms with Crippen molar-refractivity contribution in [3.8, 4) is 0 Å². The van der Waals surface area contributed by atoms with E-state index in [4.69, 9.17) is 0 Å². The van der Waals surface area contributed by atoms with Gasteiger partial charge in [-0.3, -0.25) is 9.69 Å². The highest BCUT2D eigenvalue weighted by molar-refractivity contribution is 5.94. The quantitative estimate of drug-likeness (QED) is 0.726. The highest BCUT2D eigenvalue weighted by Crippen LogP contribution is 2.37. The summed E-state index contributed by atoms with van der Waals surface area (Å²) in [5, 5.41) is 0. The van der Waals surface area contributed by atoms with E-state index in [9.17, 15) is 4.79 Å². The van der Waals surface area contributed by atoms with E-state index in [-0.39, 0.29) is 5.78 Å². The fraction of sp³-hybridized carbons (Fsp3) is 0.381. The van der Waals surface area contributed by atoms with Gasteiger partial charge in [0.2, 0.25) is 0 Å². The maximum atomic E-state index is 11.5. The first-order valence-electron chi connectivity index (χ1n) is 8.58. The Kier molecular flexibility index (Phi) is 4.92. The van der Waals surface area contributed by atoms with E-state index in [2.05, 4.69) is 54.3 Å². The van der Waals surface area contributed by atoms with Gasteiger partial charge in [-0.15, -0.1) is 0 Å². The number of hydrogen-bond acceptors (Lipinski definition) is 2. The predicted molar refractivity (Wildman–Crippen MR) is 94.6 cm³/mol. The predicted octanol–water partition coefficient (Wildman–Crippen LogP) is 5.18. The minimum absolute atomic E-state index is 0.134. The number of Topliss-reactive ketones (excluding diaryl/α,β-unsaturated/α-hetero) is 1. The average Bonchev–Trinajstić information content (AvgIpc) is 2.62. The van der Waals surface area contributed by atoms with Crippen LogP contribution in [0.1, 0.15) is 66.7 Å². The number of piperidine rings is 1. The first-order chi connectivity index (χ1) is 11.2. The van der Waals surface area contributed by atoms with Crippen molar-refractivity contribution in [3.05, 3.63) is 71.3 Å². The summed E-state index contributed by atoms with van der Waals surface area (Å²) in [5.41, 5.74) is 3.50. The van der Waals surface area contributed by atoms with Crippen LogP contribution in [0.25, 0.3) is 0 Å². The Morgan fingerprint density at radius 2 is 1.74 bits per heavy atom. The van der Waals surface area contributed by atoms with Gasteiger partial charge in [0.1, 0.15) is 0 Å². The van der Waals surface area contributed by atoms with Crippen LogP contribution in [0, 0.1) is 0 Å². The van der Waals surface area contributed by atoms with Crippen LogP contribution in [0.15, 0.2) is 54.6 Å². The van der Waals surface area contributed by atoms with Crippen LogP contribution in [0.5, 0.6) is 0 Å². The molecule has 0 unspecified atom stereocenters. The van der Waals surface area contributed by atoms with Crippen molar-refractivity contribution >= 4 is 5.78 Å². The number of benzene rings is 2. The van der Waals surface area contributed by atoms with E-state index in [1.165, 1.54) is 30.4 Å². The SMILES string of the molecule is CC(=O)c1ccc([C@@H]2CCCCN2[C@H](C)c2ccccc2)cc1. The Bertz CT molecular complexity index is 647. The molecule has 1 fully saturated rings. The van der Waals surface area contributed by atoms with E-state index < -0.39 is 0 Å². The van der Waals surface area contributed by atoms with E-state index in [0.717, 1.165) is 12.1 Å². The summed E-state index contributed by atoms with van der Waals surface area (Å²) in [6.45, 7) is 5.06. The number of ketones is 1. The fourth-order valence-electron chi connectivity index (χ4n) is 3.64. The van der Waals surface area contributed by atoms with Crippen LogP contribution < -0.4 is 0 Å². The molecule has 0 radical (unpaired) electrons. The molecule has 2 atom stereocenters. The van der Waals surface area contributed by atoms with Crippen LogP contribution in [-0.4, -0.2) is 17.2 Å². The van der Waals surface area contributed by atoms with Crippen LogP contribution in [0.2, 0.25) is 0 Å². The molecular weight excluding hydrogens is 282 g/mol. The molecule has 1 aliphatic rings. The number of rotatable bonds is 4. The van der Waals surface area contributed by atoms with Gasteiger partial charge >= 0.3 is 0 Å². The van der Waals surface area contributed by atoms with Gasteiger partial charge < -0.3 is 0 Å². The zero-order valence-corrected chi connectivity index (χ0v) is 14.0. The molecule has 0 amide bonds. The first kappa shape index (κ1) is 15.9. The monoisotopic (exact) mass is 307 g/mol. The Balaban J connectivity index is 1.85. The Hall–Kier alpha value is -1.93. The van der Waals surface area contributed by atoms with Gasteiger partial charge in [-0.1, -0.05) is 61.0 Å². The zero-order valence-electron chi connectivity index (χ0n) is 14.0. The molecule has 2 aromatic carbocycles. The molecule has 0 spiro atoms. The second-order valence-corrected chi connectivity index (χ2v) is 6.51. The van der Waals surface area contributed by atoms with Crippen LogP contribution in [0.3, 0.4) is 0 Å². The largest absolute Gasteiger partial charge is 0.295 e. The smallest absolute Gasteiger partial charge is 0.159 e. The van der Waals surface area contributed by atoms with Gasteiger partial charge in [-0.25, -0.2) is 0 Å². The molecule has 2 nitrogen and oxygen atoms in total. The summed E-state index contributed by atoms with van der Waals surface area (Å²) in [4.78, 5) is 14.1. The topological polar surface area (TPSA) is 20.3 Å².